The van der Waals surface area contributed by atoms with Gasteiger partial charge in [0.2, 0.25) is 0 Å². The molecule has 0 aromatic heterocycles. The summed E-state index contributed by atoms with van der Waals surface area (Å²) < 4.78 is 4.99. The highest BCUT2D eigenvalue weighted by Gasteiger charge is 2.20. The lowest BCUT2D eigenvalue weighted by atomic mass is 9.99. The number of hydrogen-bond donors (Lipinski definition) is 3. The summed E-state index contributed by atoms with van der Waals surface area (Å²) in [6.07, 6.45) is -1.54. The number of carbonyl (C=O) groups is 1. The molecular weight excluding hydrogens is 228 g/mol. The molecule has 0 aliphatic carbocycles. The minimum absolute atomic E-state index is 0.108. The van der Waals surface area contributed by atoms with E-state index in [2.05, 4.69) is 12.6 Å². The Labute approximate surface area is 99.3 Å². The van der Waals surface area contributed by atoms with Crippen LogP contribution in [-0.2, 0) is 0 Å². The molecule has 0 fully saturated rings. The number of carbonyl (C=O) groups excluding carboxylic acids is 1. The molecule has 4 nitrogen and oxygen atoms in total. The van der Waals surface area contributed by atoms with Gasteiger partial charge in [-0.1, -0.05) is 0 Å². The molecule has 1 aromatic rings. The zero-order valence-electron chi connectivity index (χ0n) is 8.83. The van der Waals surface area contributed by atoms with Crippen molar-refractivity contribution < 1.29 is 19.7 Å². The molecule has 2 N–H and O–H groups in total. The van der Waals surface area contributed by atoms with Gasteiger partial charge in [-0.2, -0.15) is 12.6 Å². The van der Waals surface area contributed by atoms with Crippen LogP contribution in [0.2, 0.25) is 0 Å². The maximum absolute atomic E-state index is 10.8. The highest BCUT2D eigenvalue weighted by atomic mass is 32.1. The fourth-order valence-electron chi connectivity index (χ4n) is 1.35. The molecule has 0 heterocycles. The smallest absolute Gasteiger partial charge is 0.150 e. The first kappa shape index (κ1) is 13.0. The average Bonchev–Trinajstić information content (AvgIpc) is 2.35. The Hall–Kier alpha value is -1.04. The third kappa shape index (κ3) is 2.75. The first-order valence-corrected chi connectivity index (χ1v) is 5.37. The molecule has 2 atom stereocenters. The van der Waals surface area contributed by atoms with Gasteiger partial charge in [-0.15, -0.1) is 0 Å². The lowest BCUT2D eigenvalue weighted by Gasteiger charge is -2.18. The van der Waals surface area contributed by atoms with Crippen molar-refractivity contribution in [2.75, 3.05) is 12.9 Å². The molecular formula is C11H14O4S. The number of aldehydes is 1. The van der Waals surface area contributed by atoms with Crippen LogP contribution in [0.1, 0.15) is 22.0 Å². The molecule has 0 aliphatic rings. The molecule has 16 heavy (non-hydrogen) atoms. The molecule has 0 spiro atoms. The lowest BCUT2D eigenvalue weighted by Crippen LogP contribution is -2.21. The molecule has 1 aromatic carbocycles. The third-order valence-electron chi connectivity index (χ3n) is 2.29. The van der Waals surface area contributed by atoms with Crippen molar-refractivity contribution in [2.24, 2.45) is 0 Å². The minimum atomic E-state index is -1.15. The summed E-state index contributed by atoms with van der Waals surface area (Å²) in [5.74, 6) is 0.627. The van der Waals surface area contributed by atoms with Crippen LogP contribution in [0.5, 0.6) is 5.75 Å². The van der Waals surface area contributed by atoms with Gasteiger partial charge in [0.05, 0.1) is 13.2 Å². The Bertz CT molecular complexity index is 367. The van der Waals surface area contributed by atoms with Crippen LogP contribution in [-0.4, -0.2) is 35.5 Å². The maximum atomic E-state index is 10.8. The SMILES string of the molecule is COc1ccc(C=O)c(C(O)C(O)CS)c1. The Morgan fingerprint density at radius 2 is 2.19 bits per heavy atom. The topological polar surface area (TPSA) is 66.8 Å². The predicted octanol–water partition coefficient (Wildman–Crippen LogP) is 0.832. The second-order valence-corrected chi connectivity index (χ2v) is 3.67. The van der Waals surface area contributed by atoms with E-state index in [1.165, 1.54) is 19.2 Å². The predicted molar refractivity (Wildman–Crippen MR) is 63.2 cm³/mol. The van der Waals surface area contributed by atoms with Gasteiger partial charge in [-0.25, -0.2) is 0 Å². The molecule has 0 saturated heterocycles. The molecule has 1 rings (SSSR count). The monoisotopic (exact) mass is 242 g/mol. The van der Waals surface area contributed by atoms with Gasteiger partial charge < -0.3 is 14.9 Å². The number of methoxy groups -OCH3 is 1. The highest BCUT2D eigenvalue weighted by molar-refractivity contribution is 7.80. The second-order valence-electron chi connectivity index (χ2n) is 3.31. The van der Waals surface area contributed by atoms with Crippen LogP contribution < -0.4 is 4.74 Å². The summed E-state index contributed by atoms with van der Waals surface area (Å²) in [6, 6.07) is 4.68. The van der Waals surface area contributed by atoms with Crippen LogP contribution >= 0.6 is 12.6 Å². The molecule has 0 saturated carbocycles. The van der Waals surface area contributed by atoms with E-state index in [-0.39, 0.29) is 5.75 Å². The Morgan fingerprint density at radius 1 is 1.50 bits per heavy atom. The quantitative estimate of drug-likeness (QED) is 0.528. The number of aliphatic hydroxyl groups is 2. The zero-order chi connectivity index (χ0) is 12.1. The van der Waals surface area contributed by atoms with Crippen molar-refractivity contribution in [1.82, 2.24) is 0 Å². The largest absolute Gasteiger partial charge is 0.497 e. The van der Waals surface area contributed by atoms with E-state index in [0.717, 1.165) is 0 Å². The number of thiol groups is 1. The summed E-state index contributed by atoms with van der Waals surface area (Å²) in [7, 11) is 1.49. The van der Waals surface area contributed by atoms with E-state index in [1.807, 2.05) is 0 Å². The van der Waals surface area contributed by atoms with E-state index in [1.54, 1.807) is 6.07 Å². The van der Waals surface area contributed by atoms with Crippen LogP contribution in [0.3, 0.4) is 0 Å². The average molecular weight is 242 g/mol. The highest BCUT2D eigenvalue weighted by Crippen LogP contribution is 2.25. The zero-order valence-corrected chi connectivity index (χ0v) is 9.72. The van der Waals surface area contributed by atoms with E-state index in [4.69, 9.17) is 4.74 Å². The molecule has 2 unspecified atom stereocenters. The fraction of sp³-hybridized carbons (Fsp3) is 0.364. The van der Waals surface area contributed by atoms with Crippen molar-refractivity contribution >= 4 is 18.9 Å². The van der Waals surface area contributed by atoms with Crippen molar-refractivity contribution in [1.29, 1.82) is 0 Å². The van der Waals surface area contributed by atoms with Gasteiger partial charge in [0, 0.05) is 11.3 Å². The van der Waals surface area contributed by atoms with Crippen LogP contribution in [0.4, 0.5) is 0 Å². The lowest BCUT2D eigenvalue weighted by molar-refractivity contribution is 0.0332. The van der Waals surface area contributed by atoms with Gasteiger partial charge in [0.1, 0.15) is 18.1 Å². The van der Waals surface area contributed by atoms with E-state index in [9.17, 15) is 15.0 Å². The first-order chi connectivity index (χ1) is 7.63. The van der Waals surface area contributed by atoms with Crippen molar-refractivity contribution in [3.05, 3.63) is 29.3 Å². The van der Waals surface area contributed by atoms with E-state index >= 15 is 0 Å². The van der Waals surface area contributed by atoms with Gasteiger partial charge in [-0.3, -0.25) is 4.79 Å². The Balaban J connectivity index is 3.12. The van der Waals surface area contributed by atoms with E-state index < -0.39 is 12.2 Å². The van der Waals surface area contributed by atoms with Crippen molar-refractivity contribution in [3.63, 3.8) is 0 Å². The number of aliphatic hydroxyl groups excluding tert-OH is 2. The Morgan fingerprint density at radius 3 is 2.69 bits per heavy atom. The number of ether oxygens (including phenoxy) is 1. The molecule has 0 bridgehead atoms. The first-order valence-electron chi connectivity index (χ1n) is 4.74. The summed E-state index contributed by atoms with van der Waals surface area (Å²) in [5.41, 5.74) is 0.671. The summed E-state index contributed by atoms with van der Waals surface area (Å²) in [5, 5.41) is 19.3. The Kier molecular flexibility index (Phi) is 4.79. The fourth-order valence-corrected chi connectivity index (χ4v) is 1.55. The summed E-state index contributed by atoms with van der Waals surface area (Å²) in [4.78, 5) is 10.8. The number of hydrogen-bond acceptors (Lipinski definition) is 5. The number of benzene rings is 1. The second kappa shape index (κ2) is 5.89. The third-order valence-corrected chi connectivity index (χ3v) is 2.67. The van der Waals surface area contributed by atoms with Crippen LogP contribution in [0.15, 0.2) is 18.2 Å². The van der Waals surface area contributed by atoms with Crippen LogP contribution in [0.25, 0.3) is 0 Å². The molecule has 88 valence electrons. The van der Waals surface area contributed by atoms with Gasteiger partial charge in [0.25, 0.3) is 0 Å². The summed E-state index contributed by atoms with van der Waals surface area (Å²) in [6.45, 7) is 0. The van der Waals surface area contributed by atoms with Crippen molar-refractivity contribution in [2.45, 2.75) is 12.2 Å². The minimum Gasteiger partial charge on any atom is -0.497 e. The molecule has 0 aliphatic heterocycles. The molecule has 0 radical (unpaired) electrons. The molecule has 0 amide bonds. The van der Waals surface area contributed by atoms with Gasteiger partial charge in [0.15, 0.2) is 0 Å². The normalized spacial score (nSPS) is 14.2. The van der Waals surface area contributed by atoms with Gasteiger partial charge in [-0.05, 0) is 23.8 Å². The van der Waals surface area contributed by atoms with Gasteiger partial charge >= 0.3 is 0 Å². The van der Waals surface area contributed by atoms with Crippen molar-refractivity contribution in [3.8, 4) is 5.75 Å². The van der Waals surface area contributed by atoms with Crippen LogP contribution in [0, 0.1) is 0 Å². The summed E-state index contributed by atoms with van der Waals surface area (Å²) >= 11 is 3.89. The molecule has 5 heteroatoms. The number of rotatable bonds is 5. The standard InChI is InChI=1S/C11H14O4S/c1-15-8-3-2-7(5-12)9(4-8)11(14)10(13)6-16/h2-5,10-11,13-14,16H,6H2,1H3. The maximum Gasteiger partial charge on any atom is 0.150 e. The van der Waals surface area contributed by atoms with E-state index in [0.29, 0.717) is 23.2 Å².